The Bertz CT molecular complexity index is 2240. The molecule has 9 rings (SSSR count). The van der Waals surface area contributed by atoms with Gasteiger partial charge in [-0.1, -0.05) is 66.8 Å². The van der Waals surface area contributed by atoms with Crippen molar-refractivity contribution < 1.29 is 0 Å². The van der Waals surface area contributed by atoms with Gasteiger partial charge in [-0.15, -0.1) is 11.3 Å². The molecule has 1 aliphatic heterocycles. The Morgan fingerprint density at radius 3 is 2.59 bits per heavy atom. The van der Waals surface area contributed by atoms with Crippen LogP contribution < -0.4 is 4.90 Å². The van der Waals surface area contributed by atoms with Crippen molar-refractivity contribution in [2.75, 3.05) is 4.90 Å². The van der Waals surface area contributed by atoms with E-state index in [0.717, 1.165) is 39.5 Å². The zero-order valence-electron chi connectivity index (χ0n) is 21.9. The molecule has 0 bridgehead atoms. The number of allylic oxidation sites excluding steroid dienone is 2. The summed E-state index contributed by atoms with van der Waals surface area (Å²) < 4.78 is 4.81. The second-order valence-electron chi connectivity index (χ2n) is 10.4. The fourth-order valence-corrected chi connectivity index (χ4v) is 7.64. The SMILES string of the molecule is C1=CC2=NC(c3cccc(-n4c5cccnc5c5c6sc7ccccc7c6ccc54)n3)N(c3ccccc3)C2C=C1. The molecule has 2 atom stereocenters. The van der Waals surface area contributed by atoms with Gasteiger partial charge in [0.25, 0.3) is 0 Å². The molecule has 0 radical (unpaired) electrons. The van der Waals surface area contributed by atoms with Crippen molar-refractivity contribution in [3.8, 4) is 5.82 Å². The van der Waals surface area contributed by atoms with Gasteiger partial charge in [-0.2, -0.15) is 0 Å². The summed E-state index contributed by atoms with van der Waals surface area (Å²) in [4.78, 5) is 17.7. The number of aliphatic imine (C=N–C) groups is 1. The standard InChI is InChI=1S/C35H23N5S/c1-2-10-22(11-3-1)39-27-15-6-5-13-25(27)38-35(39)26-14-8-18-31(37-26)40-28-20-19-24-23-12-4-7-17-30(23)41-34(24)32(28)33-29(40)16-9-21-36-33/h1-21,27,35H. The molecule has 0 spiro atoms. The van der Waals surface area contributed by atoms with Crippen LogP contribution in [-0.4, -0.2) is 26.3 Å². The van der Waals surface area contributed by atoms with E-state index < -0.39 is 0 Å². The van der Waals surface area contributed by atoms with E-state index in [1.807, 2.05) is 23.6 Å². The number of benzene rings is 3. The highest BCUT2D eigenvalue weighted by molar-refractivity contribution is 7.26. The van der Waals surface area contributed by atoms with E-state index in [2.05, 4.69) is 125 Å². The topological polar surface area (TPSA) is 46.3 Å². The maximum atomic E-state index is 5.30. The maximum absolute atomic E-state index is 5.30. The van der Waals surface area contributed by atoms with Crippen LogP contribution in [0.5, 0.6) is 0 Å². The number of para-hydroxylation sites is 1. The van der Waals surface area contributed by atoms with E-state index in [4.69, 9.17) is 15.0 Å². The molecule has 2 aliphatic rings. The van der Waals surface area contributed by atoms with Crippen molar-refractivity contribution in [3.63, 3.8) is 0 Å². The quantitative estimate of drug-likeness (QED) is 0.224. The first-order valence-electron chi connectivity index (χ1n) is 13.8. The Labute approximate surface area is 240 Å². The first kappa shape index (κ1) is 22.7. The first-order valence-corrected chi connectivity index (χ1v) is 14.6. The summed E-state index contributed by atoms with van der Waals surface area (Å²) >= 11 is 1.84. The lowest BCUT2D eigenvalue weighted by atomic mass is 10.1. The minimum absolute atomic E-state index is 0.0801. The molecule has 0 N–H and O–H groups in total. The summed E-state index contributed by atoms with van der Waals surface area (Å²) in [7, 11) is 0. The van der Waals surface area contributed by atoms with Gasteiger partial charge >= 0.3 is 0 Å². The minimum atomic E-state index is -0.231. The summed E-state index contributed by atoms with van der Waals surface area (Å²) in [6, 6.07) is 34.1. The molecule has 0 amide bonds. The van der Waals surface area contributed by atoms with E-state index in [1.165, 1.54) is 25.6 Å². The van der Waals surface area contributed by atoms with Gasteiger partial charge in [0.05, 0.1) is 34.0 Å². The smallest absolute Gasteiger partial charge is 0.165 e. The van der Waals surface area contributed by atoms with Gasteiger partial charge in [-0.3, -0.25) is 14.5 Å². The van der Waals surface area contributed by atoms with Crippen LogP contribution in [0, 0.1) is 0 Å². The van der Waals surface area contributed by atoms with E-state index in [9.17, 15) is 0 Å². The summed E-state index contributed by atoms with van der Waals surface area (Å²) in [6.07, 6.45) is 10.1. The van der Waals surface area contributed by atoms with Crippen LogP contribution in [0.3, 0.4) is 0 Å². The van der Waals surface area contributed by atoms with Gasteiger partial charge in [0.1, 0.15) is 5.82 Å². The van der Waals surface area contributed by atoms with Crippen molar-refractivity contribution in [2.45, 2.75) is 12.2 Å². The summed E-state index contributed by atoms with van der Waals surface area (Å²) in [5.41, 5.74) is 6.26. The molecule has 7 aromatic rings. The fourth-order valence-electron chi connectivity index (χ4n) is 6.39. The van der Waals surface area contributed by atoms with Gasteiger partial charge in [0.15, 0.2) is 6.17 Å². The van der Waals surface area contributed by atoms with Crippen molar-refractivity contribution >= 4 is 64.8 Å². The highest BCUT2D eigenvalue weighted by atomic mass is 32.1. The number of pyridine rings is 2. The molecule has 3 aromatic carbocycles. The molecule has 1 aliphatic carbocycles. The number of fused-ring (bicyclic) bond motifs is 8. The average molecular weight is 546 g/mol. The Kier molecular flexibility index (Phi) is 4.83. The first-order chi connectivity index (χ1) is 20.3. The molecule has 194 valence electrons. The molecule has 2 unspecified atom stereocenters. The van der Waals surface area contributed by atoms with Gasteiger partial charge < -0.3 is 4.90 Å². The lowest BCUT2D eigenvalue weighted by Gasteiger charge is -2.30. The fraction of sp³-hybridized carbons (Fsp3) is 0.0571. The minimum Gasteiger partial charge on any atom is -0.332 e. The molecule has 0 saturated heterocycles. The summed E-state index contributed by atoms with van der Waals surface area (Å²) in [5, 5.41) is 3.74. The van der Waals surface area contributed by atoms with Crippen LogP contribution >= 0.6 is 11.3 Å². The van der Waals surface area contributed by atoms with E-state index in [0.29, 0.717) is 0 Å². The zero-order chi connectivity index (χ0) is 26.9. The van der Waals surface area contributed by atoms with Gasteiger partial charge in [0, 0.05) is 37.4 Å². The lowest BCUT2D eigenvalue weighted by Crippen LogP contribution is -2.36. The molecule has 41 heavy (non-hydrogen) atoms. The zero-order valence-corrected chi connectivity index (χ0v) is 22.7. The van der Waals surface area contributed by atoms with Gasteiger partial charge in [-0.25, -0.2) is 4.98 Å². The highest BCUT2D eigenvalue weighted by Crippen LogP contribution is 2.43. The third-order valence-electron chi connectivity index (χ3n) is 8.14. The monoisotopic (exact) mass is 545 g/mol. The Balaban J connectivity index is 1.26. The largest absolute Gasteiger partial charge is 0.332 e. The second kappa shape index (κ2) is 8.71. The van der Waals surface area contributed by atoms with Gasteiger partial charge in [-0.05, 0) is 54.6 Å². The van der Waals surface area contributed by atoms with Crippen LogP contribution in [0.4, 0.5) is 5.69 Å². The maximum Gasteiger partial charge on any atom is 0.165 e. The third kappa shape index (κ3) is 3.31. The molecular weight excluding hydrogens is 522 g/mol. The Morgan fingerprint density at radius 1 is 0.732 bits per heavy atom. The van der Waals surface area contributed by atoms with Crippen LogP contribution in [0.15, 0.2) is 133 Å². The molecule has 4 aromatic heterocycles. The molecule has 5 heterocycles. The van der Waals surface area contributed by atoms with Crippen molar-refractivity contribution in [1.82, 2.24) is 14.5 Å². The molecule has 0 fully saturated rings. The number of hydrogen-bond donors (Lipinski definition) is 0. The summed E-state index contributed by atoms with van der Waals surface area (Å²) in [5.74, 6) is 0.866. The number of aromatic nitrogens is 3. The molecular formula is C35H23N5S. The van der Waals surface area contributed by atoms with Crippen molar-refractivity contribution in [3.05, 3.63) is 133 Å². The number of hydrogen-bond acceptors (Lipinski definition) is 5. The normalized spacial score (nSPS) is 18.1. The number of nitrogens with zero attached hydrogens (tertiary/aromatic N) is 5. The molecule has 5 nitrogen and oxygen atoms in total. The van der Waals surface area contributed by atoms with Crippen LogP contribution in [-0.2, 0) is 0 Å². The Morgan fingerprint density at radius 2 is 1.63 bits per heavy atom. The van der Waals surface area contributed by atoms with Crippen molar-refractivity contribution in [2.24, 2.45) is 4.99 Å². The number of rotatable bonds is 3. The number of thiophene rings is 1. The van der Waals surface area contributed by atoms with Crippen LogP contribution in [0.25, 0.3) is 47.9 Å². The van der Waals surface area contributed by atoms with Crippen LogP contribution in [0.1, 0.15) is 11.9 Å². The van der Waals surface area contributed by atoms with Crippen LogP contribution in [0.2, 0.25) is 0 Å². The predicted molar refractivity (Wildman–Crippen MR) is 170 cm³/mol. The summed E-state index contributed by atoms with van der Waals surface area (Å²) in [6.45, 7) is 0. The molecule has 6 heteroatoms. The lowest BCUT2D eigenvalue weighted by molar-refractivity contribution is 0.673. The van der Waals surface area contributed by atoms with E-state index in [1.54, 1.807) is 0 Å². The van der Waals surface area contributed by atoms with Gasteiger partial charge in [0.2, 0.25) is 0 Å². The number of anilines is 1. The second-order valence-corrected chi connectivity index (χ2v) is 11.5. The average Bonchev–Trinajstić information content (AvgIpc) is 3.71. The van der Waals surface area contributed by atoms with E-state index in [-0.39, 0.29) is 12.2 Å². The third-order valence-corrected chi connectivity index (χ3v) is 9.35. The Hall–Kier alpha value is -5.07. The molecule has 0 saturated carbocycles. The van der Waals surface area contributed by atoms with E-state index >= 15 is 0 Å². The van der Waals surface area contributed by atoms with Crippen molar-refractivity contribution in [1.29, 1.82) is 0 Å². The predicted octanol–water partition coefficient (Wildman–Crippen LogP) is 8.40. The highest BCUT2D eigenvalue weighted by Gasteiger charge is 2.36.